The lowest BCUT2D eigenvalue weighted by atomic mass is 9.99. The van der Waals surface area contributed by atoms with Crippen LogP contribution in [0.15, 0.2) is 46.4 Å². The van der Waals surface area contributed by atoms with Crippen molar-refractivity contribution >= 4 is 49.6 Å². The second-order valence-corrected chi connectivity index (χ2v) is 7.73. The van der Waals surface area contributed by atoms with E-state index in [-0.39, 0.29) is 12.3 Å². The highest BCUT2D eigenvalue weighted by Crippen LogP contribution is 2.34. The molecule has 0 atom stereocenters. The topological polar surface area (TPSA) is 68.8 Å². The first-order valence-corrected chi connectivity index (χ1v) is 11.5. The molecule has 0 spiro atoms. The summed E-state index contributed by atoms with van der Waals surface area (Å²) in [5, 5.41) is 10.3. The second-order valence-electron chi connectivity index (χ2n) is 6.61. The third-order valence-corrected chi connectivity index (χ3v) is 5.77. The minimum atomic E-state index is -0.0636. The van der Waals surface area contributed by atoms with E-state index in [1.165, 1.54) is 0 Å². The lowest BCUT2D eigenvalue weighted by Crippen LogP contribution is -2.31. The number of amides is 1. The molecule has 0 aromatic heterocycles. The van der Waals surface area contributed by atoms with E-state index < -0.39 is 0 Å². The van der Waals surface area contributed by atoms with Gasteiger partial charge in [-0.15, -0.1) is 0 Å². The van der Waals surface area contributed by atoms with E-state index in [0.717, 1.165) is 22.4 Å². The third-order valence-electron chi connectivity index (χ3n) is 4.86. The number of halogens is 2. The first-order valence-electron chi connectivity index (χ1n) is 10.3. The number of carbonyl (C=O) groups is 1. The van der Waals surface area contributed by atoms with Crippen molar-refractivity contribution in [3.8, 4) is 6.07 Å². The Labute approximate surface area is 197 Å². The van der Waals surface area contributed by atoms with E-state index in [1.54, 1.807) is 24.1 Å². The number of hydrogen-bond donors (Lipinski definition) is 0. The van der Waals surface area contributed by atoms with Gasteiger partial charge in [-0.3, -0.25) is 9.79 Å². The highest BCUT2D eigenvalue weighted by Gasteiger charge is 2.29. The molecule has 1 aliphatic heterocycles. The van der Waals surface area contributed by atoms with Crippen molar-refractivity contribution in [3.05, 3.63) is 63.7 Å². The third kappa shape index (κ3) is 5.81. The summed E-state index contributed by atoms with van der Waals surface area (Å²) in [7, 11) is 1.66. The molecular weight excluding hydrogens is 476 g/mol. The number of nitriles is 1. The Morgan fingerprint density at radius 3 is 2.61 bits per heavy atom. The Hall–Kier alpha value is -2.49. The predicted molar refractivity (Wildman–Crippen MR) is 133 cm³/mol. The van der Waals surface area contributed by atoms with Crippen molar-refractivity contribution in [2.45, 2.75) is 40.0 Å². The van der Waals surface area contributed by atoms with Gasteiger partial charge in [-0.1, -0.05) is 50.6 Å². The number of carbonyl (C=O) groups excluding carboxylic acids is 1. The van der Waals surface area contributed by atoms with Gasteiger partial charge in [0, 0.05) is 18.6 Å². The molecule has 31 heavy (non-hydrogen) atoms. The molecule has 0 bridgehead atoms. The maximum Gasteiger partial charge on any atom is 0.231 e. The van der Waals surface area contributed by atoms with Crippen molar-refractivity contribution in [1.82, 2.24) is 0 Å². The first-order chi connectivity index (χ1) is 15.0. The minimum absolute atomic E-state index is 0.0636. The molecule has 5 nitrogen and oxygen atoms in total. The maximum absolute atomic E-state index is 13.0. The summed E-state index contributed by atoms with van der Waals surface area (Å²) < 4.78 is 0.505. The fourth-order valence-electron chi connectivity index (χ4n) is 3.46. The smallest absolute Gasteiger partial charge is 0.231 e. The summed E-state index contributed by atoms with van der Waals surface area (Å²) in [6.07, 6.45) is 1.60. The minimum Gasteiger partial charge on any atom is -0.310 e. The lowest BCUT2D eigenvalue weighted by molar-refractivity contribution is -0.117. The molecule has 1 aliphatic rings. The number of anilines is 1. The largest absolute Gasteiger partial charge is 0.310 e. The zero-order valence-corrected chi connectivity index (χ0v) is 20.6. The molecule has 2 aromatic carbocycles. The van der Waals surface area contributed by atoms with Crippen LogP contribution in [0, 0.1) is 11.3 Å². The molecule has 7 heteroatoms. The van der Waals surface area contributed by atoms with Gasteiger partial charge in [0.05, 0.1) is 23.4 Å². The zero-order chi connectivity index (χ0) is 23.0. The Bertz CT molecular complexity index is 1060. The number of rotatable bonds is 4. The Morgan fingerprint density at radius 1 is 1.29 bits per heavy atom. The van der Waals surface area contributed by atoms with Gasteiger partial charge in [0.15, 0.2) is 4.74 Å². The highest BCUT2D eigenvalue weighted by atomic mass is 79.9. The molecule has 0 unspecified atom stereocenters. The monoisotopic (exact) mass is 500 g/mol. The molecule has 1 heterocycles. The van der Waals surface area contributed by atoms with Crippen LogP contribution in [0.1, 0.15) is 49.4 Å². The summed E-state index contributed by atoms with van der Waals surface area (Å²) in [5.74, 6) is -0.0636. The summed E-state index contributed by atoms with van der Waals surface area (Å²) in [5.41, 5.74) is 4.66. The highest BCUT2D eigenvalue weighted by molar-refractivity contribution is 9.18. The zero-order valence-electron chi connectivity index (χ0n) is 18.2. The number of aliphatic imine (C=N–C) groups is 2. The van der Waals surface area contributed by atoms with Crippen LogP contribution in [0.5, 0.6) is 0 Å². The number of nitrogens with zero attached hydrogens (tertiary/aromatic N) is 4. The molecule has 0 aliphatic carbocycles. The van der Waals surface area contributed by atoms with Crippen molar-refractivity contribution in [2.75, 3.05) is 18.5 Å². The van der Waals surface area contributed by atoms with Crippen LogP contribution in [-0.4, -0.2) is 30.0 Å². The summed E-state index contributed by atoms with van der Waals surface area (Å²) in [6, 6.07) is 13.4. The Morgan fingerprint density at radius 2 is 2.00 bits per heavy atom. The van der Waals surface area contributed by atoms with Gasteiger partial charge in [0.1, 0.15) is 6.07 Å². The number of benzene rings is 2. The SMILES string of the molecule is CC.CC/C(=N\C(Br)=NC)c1cc(C#N)c2c(c1)CCN2C(=O)Cc1ccccc1Cl. The Kier molecular flexibility index (Phi) is 9.42. The Balaban J connectivity index is 0.00000166. The maximum atomic E-state index is 13.0. The van der Waals surface area contributed by atoms with E-state index in [9.17, 15) is 10.1 Å². The van der Waals surface area contributed by atoms with Gasteiger partial charge in [-0.05, 0) is 63.7 Å². The van der Waals surface area contributed by atoms with Crippen molar-refractivity contribution in [2.24, 2.45) is 9.98 Å². The van der Waals surface area contributed by atoms with Crippen LogP contribution >= 0.6 is 27.5 Å². The van der Waals surface area contributed by atoms with Crippen LogP contribution in [0.2, 0.25) is 5.02 Å². The van der Waals surface area contributed by atoms with E-state index in [0.29, 0.717) is 40.4 Å². The van der Waals surface area contributed by atoms with E-state index in [2.05, 4.69) is 32.0 Å². The molecule has 3 rings (SSSR count). The van der Waals surface area contributed by atoms with Gasteiger partial charge in [-0.2, -0.15) is 5.26 Å². The summed E-state index contributed by atoms with van der Waals surface area (Å²) in [6.45, 7) is 6.56. The van der Waals surface area contributed by atoms with Crippen LogP contribution in [0.4, 0.5) is 5.69 Å². The molecule has 0 radical (unpaired) electrons. The molecule has 2 aromatic rings. The number of hydrogen-bond acceptors (Lipinski definition) is 3. The van der Waals surface area contributed by atoms with E-state index in [4.69, 9.17) is 11.6 Å². The first kappa shape index (κ1) is 24.8. The van der Waals surface area contributed by atoms with E-state index >= 15 is 0 Å². The van der Waals surface area contributed by atoms with Crippen molar-refractivity contribution in [1.29, 1.82) is 5.26 Å². The van der Waals surface area contributed by atoms with Crippen LogP contribution in [0.3, 0.4) is 0 Å². The standard InChI is InChI=1S/C22H20BrClN4O.C2H6/c1-3-19(27-22(23)26-2)16-10-15-8-9-28(21(15)17(11-16)13-25)20(29)12-14-6-4-5-7-18(14)24;1-2/h4-7,10-11H,3,8-9,12H2,1-2H3;1-2H3/b26-22?,27-19+;. The lowest BCUT2D eigenvalue weighted by Gasteiger charge is -2.19. The second kappa shape index (κ2) is 11.8. The average molecular weight is 502 g/mol. The average Bonchev–Trinajstić information content (AvgIpc) is 3.23. The normalized spacial score (nSPS) is 13.3. The molecule has 162 valence electrons. The fraction of sp³-hybridized carbons (Fsp3) is 0.333. The van der Waals surface area contributed by atoms with Crippen molar-refractivity contribution < 1.29 is 4.79 Å². The summed E-state index contributed by atoms with van der Waals surface area (Å²) >= 11 is 9.52. The molecule has 0 saturated carbocycles. The van der Waals surface area contributed by atoms with Gasteiger partial charge in [0.2, 0.25) is 5.91 Å². The molecule has 1 amide bonds. The molecule has 0 N–H and O–H groups in total. The van der Waals surface area contributed by atoms with Crippen LogP contribution in [-0.2, 0) is 17.6 Å². The van der Waals surface area contributed by atoms with Crippen LogP contribution in [0.25, 0.3) is 0 Å². The van der Waals surface area contributed by atoms with Gasteiger partial charge in [0.25, 0.3) is 0 Å². The van der Waals surface area contributed by atoms with Gasteiger partial charge in [-0.25, -0.2) is 4.99 Å². The molecule has 0 saturated heterocycles. The quantitative estimate of drug-likeness (QED) is 0.295. The molecule has 0 fully saturated rings. The number of amidine groups is 1. The van der Waals surface area contributed by atoms with Crippen molar-refractivity contribution in [3.63, 3.8) is 0 Å². The summed E-state index contributed by atoms with van der Waals surface area (Å²) in [4.78, 5) is 23.2. The predicted octanol–water partition coefficient (Wildman–Crippen LogP) is 5.95. The number of fused-ring (bicyclic) bond motifs is 1. The van der Waals surface area contributed by atoms with Crippen LogP contribution < -0.4 is 4.90 Å². The van der Waals surface area contributed by atoms with Gasteiger partial charge >= 0.3 is 0 Å². The molecular formula is C24H26BrClN4O. The fourth-order valence-corrected chi connectivity index (χ4v) is 3.87. The van der Waals surface area contributed by atoms with E-state index in [1.807, 2.05) is 45.0 Å². The van der Waals surface area contributed by atoms with Gasteiger partial charge < -0.3 is 4.90 Å².